The molecule has 0 aliphatic rings. The number of hydrogen-bond donors (Lipinski definition) is 2. The molecule has 5 nitrogen and oxygen atoms in total. The fourth-order valence-corrected chi connectivity index (χ4v) is 3.42. The van der Waals surface area contributed by atoms with E-state index in [4.69, 9.17) is 5.73 Å². The van der Waals surface area contributed by atoms with Gasteiger partial charge in [0.25, 0.3) is 5.56 Å². The molecule has 120 valence electrons. The molecule has 0 aliphatic carbocycles. The van der Waals surface area contributed by atoms with Crippen LogP contribution in [0.4, 0.5) is 10.3 Å². The van der Waals surface area contributed by atoms with Crippen molar-refractivity contribution in [1.29, 1.82) is 0 Å². The van der Waals surface area contributed by atoms with E-state index in [2.05, 4.69) is 10.3 Å². The molecule has 2 aromatic heterocycles. The van der Waals surface area contributed by atoms with E-state index in [0.717, 1.165) is 11.1 Å². The smallest absolute Gasteiger partial charge is 0.264 e. The van der Waals surface area contributed by atoms with Gasteiger partial charge in [0.2, 0.25) is 5.95 Å². The van der Waals surface area contributed by atoms with Gasteiger partial charge in [-0.25, -0.2) is 9.37 Å². The van der Waals surface area contributed by atoms with Crippen LogP contribution in [-0.2, 0) is 6.54 Å². The van der Waals surface area contributed by atoms with Crippen molar-refractivity contribution < 1.29 is 4.39 Å². The van der Waals surface area contributed by atoms with Gasteiger partial charge in [-0.15, -0.1) is 11.3 Å². The second-order valence-electron chi connectivity index (χ2n) is 5.04. The Morgan fingerprint density at radius 3 is 2.74 bits per heavy atom. The van der Waals surface area contributed by atoms with Gasteiger partial charge in [0, 0.05) is 30.6 Å². The van der Waals surface area contributed by atoms with E-state index >= 15 is 0 Å². The number of benzene rings is 1. The van der Waals surface area contributed by atoms with Crippen molar-refractivity contribution in [1.82, 2.24) is 9.55 Å². The topological polar surface area (TPSA) is 72.9 Å². The lowest BCUT2D eigenvalue weighted by atomic mass is 10.1. The van der Waals surface area contributed by atoms with Crippen molar-refractivity contribution in [2.45, 2.75) is 13.5 Å². The minimum absolute atomic E-state index is 0.0994. The first-order valence-corrected chi connectivity index (χ1v) is 8.25. The molecule has 0 atom stereocenters. The molecule has 0 saturated heterocycles. The van der Waals surface area contributed by atoms with Crippen molar-refractivity contribution >= 4 is 27.5 Å². The van der Waals surface area contributed by atoms with Gasteiger partial charge in [0.05, 0.1) is 5.39 Å². The van der Waals surface area contributed by atoms with Crippen LogP contribution in [0, 0.1) is 5.82 Å². The standard InChI is InChI=1S/C16H17FN4OS/c1-2-21-15(22)13-12(10-3-5-11(17)6-4-10)9-23-14(13)20-16(21)19-8-7-18/h3-6,9H,2,7-8,18H2,1H3,(H,19,20). The van der Waals surface area contributed by atoms with Gasteiger partial charge in [0.15, 0.2) is 0 Å². The molecule has 3 aromatic rings. The highest BCUT2D eigenvalue weighted by Crippen LogP contribution is 2.31. The Bertz CT molecular complexity index is 885. The van der Waals surface area contributed by atoms with Crippen molar-refractivity contribution in [3.8, 4) is 11.1 Å². The molecule has 1 aromatic carbocycles. The predicted molar refractivity (Wildman–Crippen MR) is 92.5 cm³/mol. The van der Waals surface area contributed by atoms with E-state index < -0.39 is 0 Å². The Kier molecular flexibility index (Phi) is 4.40. The van der Waals surface area contributed by atoms with Crippen LogP contribution in [0.2, 0.25) is 0 Å². The molecular formula is C16H17FN4OS. The number of hydrogen-bond acceptors (Lipinski definition) is 5. The lowest BCUT2D eigenvalue weighted by molar-refractivity contribution is 0.628. The number of halogens is 1. The number of anilines is 1. The average molecular weight is 332 g/mol. The number of thiophene rings is 1. The summed E-state index contributed by atoms with van der Waals surface area (Å²) in [6.45, 7) is 3.41. The fourth-order valence-electron chi connectivity index (χ4n) is 2.48. The van der Waals surface area contributed by atoms with E-state index in [1.165, 1.54) is 23.5 Å². The summed E-state index contributed by atoms with van der Waals surface area (Å²) in [6.07, 6.45) is 0. The SMILES string of the molecule is CCn1c(NCCN)nc2scc(-c3ccc(F)cc3)c2c1=O. The summed E-state index contributed by atoms with van der Waals surface area (Å²) in [4.78, 5) is 18.1. The van der Waals surface area contributed by atoms with Gasteiger partial charge in [-0.2, -0.15) is 0 Å². The van der Waals surface area contributed by atoms with Gasteiger partial charge in [0.1, 0.15) is 10.6 Å². The molecule has 0 radical (unpaired) electrons. The van der Waals surface area contributed by atoms with Gasteiger partial charge >= 0.3 is 0 Å². The molecule has 3 N–H and O–H groups in total. The third-order valence-electron chi connectivity index (χ3n) is 3.59. The average Bonchev–Trinajstić information content (AvgIpc) is 2.98. The Morgan fingerprint density at radius 1 is 1.35 bits per heavy atom. The van der Waals surface area contributed by atoms with Crippen molar-refractivity contribution in [3.05, 3.63) is 45.8 Å². The van der Waals surface area contributed by atoms with E-state index in [9.17, 15) is 9.18 Å². The Balaban J connectivity index is 2.20. The quantitative estimate of drug-likeness (QED) is 0.753. The van der Waals surface area contributed by atoms with Crippen LogP contribution < -0.4 is 16.6 Å². The molecule has 3 rings (SSSR count). The van der Waals surface area contributed by atoms with Crippen LogP contribution in [0.15, 0.2) is 34.4 Å². The van der Waals surface area contributed by atoms with Gasteiger partial charge in [-0.05, 0) is 24.6 Å². The predicted octanol–water partition coefficient (Wildman–Crippen LogP) is 2.65. The second kappa shape index (κ2) is 6.47. The van der Waals surface area contributed by atoms with E-state index in [1.54, 1.807) is 16.7 Å². The molecule has 0 unspecified atom stereocenters. The van der Waals surface area contributed by atoms with Crippen LogP contribution in [0.25, 0.3) is 21.3 Å². The van der Waals surface area contributed by atoms with E-state index in [1.807, 2.05) is 12.3 Å². The number of nitrogens with zero attached hydrogens (tertiary/aromatic N) is 2. The zero-order valence-electron chi connectivity index (χ0n) is 12.7. The molecule has 7 heteroatoms. The minimum Gasteiger partial charge on any atom is -0.354 e. The number of aromatic nitrogens is 2. The summed E-state index contributed by atoms with van der Waals surface area (Å²) >= 11 is 1.40. The first-order chi connectivity index (χ1) is 11.2. The summed E-state index contributed by atoms with van der Waals surface area (Å²) in [5.41, 5.74) is 7.00. The Morgan fingerprint density at radius 2 is 2.09 bits per heavy atom. The largest absolute Gasteiger partial charge is 0.354 e. The molecule has 0 amide bonds. The third-order valence-corrected chi connectivity index (χ3v) is 4.46. The zero-order valence-corrected chi connectivity index (χ0v) is 13.5. The van der Waals surface area contributed by atoms with Gasteiger partial charge in [-0.3, -0.25) is 9.36 Å². The maximum atomic E-state index is 13.1. The maximum Gasteiger partial charge on any atom is 0.264 e. The first-order valence-electron chi connectivity index (χ1n) is 7.37. The summed E-state index contributed by atoms with van der Waals surface area (Å²) in [7, 11) is 0. The van der Waals surface area contributed by atoms with E-state index in [0.29, 0.717) is 35.8 Å². The second-order valence-corrected chi connectivity index (χ2v) is 5.89. The Hall–Kier alpha value is -2.25. The van der Waals surface area contributed by atoms with Crippen molar-refractivity contribution in [2.75, 3.05) is 18.4 Å². The minimum atomic E-state index is -0.300. The molecule has 0 fully saturated rings. The number of fused-ring (bicyclic) bond motifs is 1. The summed E-state index contributed by atoms with van der Waals surface area (Å²) < 4.78 is 14.7. The lowest BCUT2D eigenvalue weighted by Crippen LogP contribution is -2.26. The number of rotatable bonds is 5. The highest BCUT2D eigenvalue weighted by atomic mass is 32.1. The third kappa shape index (κ3) is 2.85. The summed E-state index contributed by atoms with van der Waals surface area (Å²) in [5, 5.41) is 5.55. The summed E-state index contributed by atoms with van der Waals surface area (Å²) in [5.74, 6) is 0.230. The van der Waals surface area contributed by atoms with Crippen LogP contribution in [-0.4, -0.2) is 22.6 Å². The molecule has 2 heterocycles. The van der Waals surface area contributed by atoms with Crippen LogP contribution >= 0.6 is 11.3 Å². The van der Waals surface area contributed by atoms with E-state index in [-0.39, 0.29) is 11.4 Å². The Labute approximate surface area is 136 Å². The molecule has 0 spiro atoms. The summed E-state index contributed by atoms with van der Waals surface area (Å²) in [6, 6.07) is 6.13. The zero-order chi connectivity index (χ0) is 16.4. The first kappa shape index (κ1) is 15.6. The highest BCUT2D eigenvalue weighted by molar-refractivity contribution is 7.17. The van der Waals surface area contributed by atoms with Crippen LogP contribution in [0.3, 0.4) is 0 Å². The molecule has 0 bridgehead atoms. The van der Waals surface area contributed by atoms with Crippen molar-refractivity contribution in [3.63, 3.8) is 0 Å². The normalized spacial score (nSPS) is 11.1. The van der Waals surface area contributed by atoms with Crippen LogP contribution in [0.1, 0.15) is 6.92 Å². The molecular weight excluding hydrogens is 315 g/mol. The fraction of sp³-hybridized carbons (Fsp3) is 0.250. The highest BCUT2D eigenvalue weighted by Gasteiger charge is 2.16. The molecule has 23 heavy (non-hydrogen) atoms. The lowest BCUT2D eigenvalue weighted by Gasteiger charge is -2.12. The molecule has 0 saturated carbocycles. The molecule has 0 aliphatic heterocycles. The monoisotopic (exact) mass is 332 g/mol. The number of nitrogens with one attached hydrogen (secondary N) is 1. The van der Waals surface area contributed by atoms with Crippen LogP contribution in [0.5, 0.6) is 0 Å². The maximum absolute atomic E-state index is 13.1. The van der Waals surface area contributed by atoms with Gasteiger partial charge in [-0.1, -0.05) is 12.1 Å². The van der Waals surface area contributed by atoms with Gasteiger partial charge < -0.3 is 11.1 Å². The number of nitrogens with two attached hydrogens (primary N) is 1. The van der Waals surface area contributed by atoms with Crippen molar-refractivity contribution in [2.24, 2.45) is 5.73 Å².